The summed E-state index contributed by atoms with van der Waals surface area (Å²) in [6.45, 7) is 3.79. The van der Waals surface area contributed by atoms with E-state index < -0.39 is 0 Å². The van der Waals surface area contributed by atoms with Gasteiger partial charge in [-0.25, -0.2) is 4.98 Å². The predicted octanol–water partition coefficient (Wildman–Crippen LogP) is 2.42. The summed E-state index contributed by atoms with van der Waals surface area (Å²) in [5.74, 6) is 1.93. The van der Waals surface area contributed by atoms with Crippen LogP contribution in [0.2, 0.25) is 0 Å². The van der Waals surface area contributed by atoms with Crippen LogP contribution in [0.15, 0.2) is 18.3 Å². The third-order valence-corrected chi connectivity index (χ3v) is 3.82. The highest BCUT2D eigenvalue weighted by Crippen LogP contribution is 2.26. The number of nitrogens with zero attached hydrogens (tertiary/aromatic N) is 2. The maximum absolute atomic E-state index is 9.58. The summed E-state index contributed by atoms with van der Waals surface area (Å²) < 4.78 is 0. The first-order chi connectivity index (χ1) is 8.22. The second kappa shape index (κ2) is 5.69. The number of alkyl halides is 1. The molecule has 2 rings (SSSR count). The van der Waals surface area contributed by atoms with Crippen LogP contribution in [0.3, 0.4) is 0 Å². The first kappa shape index (κ1) is 12.7. The SMILES string of the molecule is CC(O)C1CCN(c2ncccc2CCl)CC1. The van der Waals surface area contributed by atoms with Gasteiger partial charge in [-0.2, -0.15) is 0 Å². The quantitative estimate of drug-likeness (QED) is 0.842. The molecule has 94 valence electrons. The topological polar surface area (TPSA) is 36.4 Å². The molecule has 1 unspecified atom stereocenters. The molecule has 3 nitrogen and oxygen atoms in total. The van der Waals surface area contributed by atoms with Gasteiger partial charge in [-0.15, -0.1) is 11.6 Å². The van der Waals surface area contributed by atoms with Crippen LogP contribution in [-0.4, -0.2) is 29.3 Å². The van der Waals surface area contributed by atoms with E-state index >= 15 is 0 Å². The summed E-state index contributed by atoms with van der Waals surface area (Å²) in [5.41, 5.74) is 1.09. The van der Waals surface area contributed by atoms with Crippen molar-refractivity contribution in [3.05, 3.63) is 23.9 Å². The first-order valence-corrected chi connectivity index (χ1v) is 6.68. The van der Waals surface area contributed by atoms with Crippen molar-refractivity contribution < 1.29 is 5.11 Å². The second-order valence-electron chi connectivity index (χ2n) is 4.68. The Morgan fingerprint density at radius 3 is 2.82 bits per heavy atom. The minimum absolute atomic E-state index is 0.201. The van der Waals surface area contributed by atoms with Gasteiger partial charge < -0.3 is 10.0 Å². The van der Waals surface area contributed by atoms with E-state index in [2.05, 4.69) is 9.88 Å². The van der Waals surface area contributed by atoms with Gasteiger partial charge in [0.25, 0.3) is 0 Å². The number of pyridine rings is 1. The monoisotopic (exact) mass is 254 g/mol. The van der Waals surface area contributed by atoms with Gasteiger partial charge in [0.15, 0.2) is 0 Å². The molecule has 1 aliphatic rings. The van der Waals surface area contributed by atoms with Crippen molar-refractivity contribution in [2.75, 3.05) is 18.0 Å². The summed E-state index contributed by atoms with van der Waals surface area (Å²) >= 11 is 5.92. The van der Waals surface area contributed by atoms with Gasteiger partial charge in [0.05, 0.1) is 12.0 Å². The summed E-state index contributed by atoms with van der Waals surface area (Å²) in [5, 5.41) is 9.58. The second-order valence-corrected chi connectivity index (χ2v) is 4.95. The van der Waals surface area contributed by atoms with Crippen LogP contribution in [0, 0.1) is 5.92 Å². The number of hydrogen-bond donors (Lipinski definition) is 1. The Morgan fingerprint density at radius 1 is 1.53 bits per heavy atom. The molecule has 1 atom stereocenters. The standard InChI is InChI=1S/C13H19ClN2O/c1-10(17)11-4-7-16(8-5-11)13-12(9-14)3-2-6-15-13/h2-3,6,10-11,17H,4-5,7-9H2,1H3. The van der Waals surface area contributed by atoms with E-state index in [1.807, 2.05) is 25.3 Å². The Labute approximate surface area is 107 Å². The lowest BCUT2D eigenvalue weighted by Crippen LogP contribution is -2.37. The fourth-order valence-corrected chi connectivity index (χ4v) is 2.62. The number of aromatic nitrogens is 1. The van der Waals surface area contributed by atoms with Crippen molar-refractivity contribution in [3.63, 3.8) is 0 Å². The third-order valence-electron chi connectivity index (χ3n) is 3.53. The summed E-state index contributed by atoms with van der Waals surface area (Å²) in [7, 11) is 0. The summed E-state index contributed by atoms with van der Waals surface area (Å²) in [6.07, 6.45) is 3.66. The van der Waals surface area contributed by atoms with E-state index in [4.69, 9.17) is 11.6 Å². The molecule has 0 aliphatic carbocycles. The number of anilines is 1. The average Bonchev–Trinajstić information content (AvgIpc) is 2.39. The molecule has 1 saturated heterocycles. The smallest absolute Gasteiger partial charge is 0.132 e. The fourth-order valence-electron chi connectivity index (χ4n) is 2.41. The van der Waals surface area contributed by atoms with Crippen LogP contribution in [0.1, 0.15) is 25.3 Å². The normalized spacial score (nSPS) is 19.4. The molecular weight excluding hydrogens is 236 g/mol. The van der Waals surface area contributed by atoms with E-state index in [0.717, 1.165) is 37.3 Å². The minimum Gasteiger partial charge on any atom is -0.393 e. The number of aliphatic hydroxyl groups is 1. The van der Waals surface area contributed by atoms with Crippen molar-refractivity contribution in [1.29, 1.82) is 0 Å². The minimum atomic E-state index is -0.201. The Morgan fingerprint density at radius 2 is 2.24 bits per heavy atom. The lowest BCUT2D eigenvalue weighted by Gasteiger charge is -2.34. The van der Waals surface area contributed by atoms with Gasteiger partial charge in [-0.05, 0) is 31.7 Å². The maximum atomic E-state index is 9.58. The molecule has 0 bridgehead atoms. The van der Waals surface area contributed by atoms with E-state index in [1.165, 1.54) is 0 Å². The maximum Gasteiger partial charge on any atom is 0.132 e. The van der Waals surface area contributed by atoms with Crippen LogP contribution in [0.4, 0.5) is 5.82 Å². The number of rotatable bonds is 3. The van der Waals surface area contributed by atoms with Crippen LogP contribution < -0.4 is 4.90 Å². The largest absolute Gasteiger partial charge is 0.393 e. The highest BCUT2D eigenvalue weighted by molar-refractivity contribution is 6.17. The van der Waals surface area contributed by atoms with Crippen LogP contribution >= 0.6 is 11.6 Å². The van der Waals surface area contributed by atoms with Gasteiger partial charge in [-0.1, -0.05) is 6.07 Å². The molecule has 0 radical (unpaired) electrons. The number of piperidine rings is 1. The highest BCUT2D eigenvalue weighted by Gasteiger charge is 2.24. The molecule has 0 saturated carbocycles. The molecule has 17 heavy (non-hydrogen) atoms. The van der Waals surface area contributed by atoms with Crippen LogP contribution in [0.25, 0.3) is 0 Å². The highest BCUT2D eigenvalue weighted by atomic mass is 35.5. The van der Waals surface area contributed by atoms with Crippen LogP contribution in [-0.2, 0) is 5.88 Å². The lowest BCUT2D eigenvalue weighted by molar-refractivity contribution is 0.109. The van der Waals surface area contributed by atoms with Gasteiger partial charge in [0, 0.05) is 24.8 Å². The van der Waals surface area contributed by atoms with Crippen molar-refractivity contribution in [3.8, 4) is 0 Å². The lowest BCUT2D eigenvalue weighted by atomic mass is 9.92. The number of hydrogen-bond acceptors (Lipinski definition) is 3. The van der Waals surface area contributed by atoms with Gasteiger partial charge in [0.2, 0.25) is 0 Å². The van der Waals surface area contributed by atoms with Crippen molar-refractivity contribution in [1.82, 2.24) is 4.98 Å². The number of aliphatic hydroxyl groups excluding tert-OH is 1. The molecule has 2 heterocycles. The average molecular weight is 255 g/mol. The zero-order chi connectivity index (χ0) is 12.3. The predicted molar refractivity (Wildman–Crippen MR) is 70.4 cm³/mol. The molecule has 1 fully saturated rings. The van der Waals surface area contributed by atoms with Crippen molar-refractivity contribution in [2.45, 2.75) is 31.7 Å². The van der Waals surface area contributed by atoms with Gasteiger partial charge in [-0.3, -0.25) is 0 Å². The third kappa shape index (κ3) is 2.90. The van der Waals surface area contributed by atoms with Crippen LogP contribution in [0.5, 0.6) is 0 Å². The first-order valence-electron chi connectivity index (χ1n) is 6.15. The van der Waals surface area contributed by atoms with E-state index in [-0.39, 0.29) is 6.10 Å². The Hall–Kier alpha value is -0.800. The zero-order valence-electron chi connectivity index (χ0n) is 10.1. The molecule has 1 aromatic heterocycles. The Kier molecular flexibility index (Phi) is 4.24. The van der Waals surface area contributed by atoms with Gasteiger partial charge >= 0.3 is 0 Å². The molecule has 4 heteroatoms. The Bertz CT molecular complexity index is 362. The Balaban J connectivity index is 2.05. The molecule has 1 aromatic rings. The fraction of sp³-hybridized carbons (Fsp3) is 0.615. The molecule has 1 N–H and O–H groups in total. The molecule has 0 amide bonds. The van der Waals surface area contributed by atoms with Gasteiger partial charge in [0.1, 0.15) is 5.82 Å². The van der Waals surface area contributed by atoms with Crippen molar-refractivity contribution in [2.24, 2.45) is 5.92 Å². The van der Waals surface area contributed by atoms with E-state index in [0.29, 0.717) is 11.8 Å². The summed E-state index contributed by atoms with van der Waals surface area (Å²) in [4.78, 5) is 6.70. The summed E-state index contributed by atoms with van der Waals surface area (Å²) in [6, 6.07) is 3.94. The number of halogens is 1. The molecule has 0 spiro atoms. The van der Waals surface area contributed by atoms with Crippen molar-refractivity contribution >= 4 is 17.4 Å². The van der Waals surface area contributed by atoms with E-state index in [9.17, 15) is 5.11 Å². The molecular formula is C13H19ClN2O. The molecule has 1 aliphatic heterocycles. The zero-order valence-corrected chi connectivity index (χ0v) is 10.9. The van der Waals surface area contributed by atoms with E-state index in [1.54, 1.807) is 0 Å². The molecule has 0 aromatic carbocycles.